The predicted molar refractivity (Wildman–Crippen MR) is 291 cm³/mol. The SMILES string of the molecule is CCCCCCCCCCCCCCCCCCc1ccc2c(c1)C(C)(C)c1cc(N(c3ccc(-c4ccc(/C=C(\C#N)OC=O)s4)cc3)c3ccc(-c4ccc(/C=C(\C#N)C(=O)O)s4)cc3)ccc1-2. The highest BCUT2D eigenvalue weighted by Gasteiger charge is 2.36. The van der Waals surface area contributed by atoms with Crippen LogP contribution >= 0.6 is 22.7 Å². The molecule has 360 valence electrons. The fourth-order valence-corrected chi connectivity index (χ4v) is 11.6. The molecule has 4 aromatic carbocycles. The van der Waals surface area contributed by atoms with Gasteiger partial charge in [0.15, 0.2) is 0 Å². The number of unbranched alkanes of at least 4 members (excludes halogenated alkanes) is 15. The van der Waals surface area contributed by atoms with Crippen molar-refractivity contribution in [3.63, 3.8) is 0 Å². The van der Waals surface area contributed by atoms with Crippen molar-refractivity contribution in [2.24, 2.45) is 0 Å². The molecule has 2 aromatic heterocycles. The molecular formula is C61H65N3O4S2. The van der Waals surface area contributed by atoms with Gasteiger partial charge >= 0.3 is 5.97 Å². The largest absolute Gasteiger partial charge is 0.477 e. The summed E-state index contributed by atoms with van der Waals surface area (Å²) in [7, 11) is 0. The van der Waals surface area contributed by atoms with E-state index in [2.05, 4.69) is 111 Å². The molecule has 7 nitrogen and oxygen atoms in total. The molecule has 0 atom stereocenters. The lowest BCUT2D eigenvalue weighted by Gasteiger charge is -2.28. The molecule has 0 bridgehead atoms. The molecular weight excluding hydrogens is 903 g/mol. The predicted octanol–water partition coefficient (Wildman–Crippen LogP) is 17.8. The Bertz CT molecular complexity index is 2850. The van der Waals surface area contributed by atoms with Gasteiger partial charge in [0.25, 0.3) is 6.47 Å². The molecule has 0 saturated heterocycles. The monoisotopic (exact) mass is 967 g/mol. The second-order valence-electron chi connectivity index (χ2n) is 18.9. The van der Waals surface area contributed by atoms with Crippen LogP contribution in [-0.4, -0.2) is 17.5 Å². The molecule has 0 aliphatic heterocycles. The normalized spacial score (nSPS) is 12.8. The Hall–Kier alpha value is -6.52. The summed E-state index contributed by atoms with van der Waals surface area (Å²) >= 11 is 2.94. The van der Waals surface area contributed by atoms with E-state index in [-0.39, 0.29) is 23.2 Å². The van der Waals surface area contributed by atoms with Gasteiger partial charge in [0, 0.05) is 48.1 Å². The van der Waals surface area contributed by atoms with Crippen LogP contribution in [0.15, 0.2) is 121 Å². The van der Waals surface area contributed by atoms with Gasteiger partial charge in [-0.25, -0.2) is 4.79 Å². The van der Waals surface area contributed by atoms with Gasteiger partial charge in [0.1, 0.15) is 17.7 Å². The van der Waals surface area contributed by atoms with Crippen LogP contribution in [-0.2, 0) is 26.2 Å². The molecule has 9 heteroatoms. The third-order valence-electron chi connectivity index (χ3n) is 13.6. The summed E-state index contributed by atoms with van der Waals surface area (Å²) in [4.78, 5) is 28.1. The van der Waals surface area contributed by atoms with Gasteiger partial charge in [0.2, 0.25) is 5.76 Å². The molecule has 0 saturated carbocycles. The Kier molecular flexibility index (Phi) is 18.6. The van der Waals surface area contributed by atoms with E-state index < -0.39 is 5.97 Å². The molecule has 7 rings (SSSR count). The van der Waals surface area contributed by atoms with Gasteiger partial charge in [-0.05, 0) is 119 Å². The molecule has 1 aliphatic rings. The maximum absolute atomic E-state index is 11.5. The number of fused-ring (bicyclic) bond motifs is 3. The molecule has 6 aromatic rings. The van der Waals surface area contributed by atoms with Crippen LogP contribution in [0.1, 0.15) is 150 Å². The lowest BCUT2D eigenvalue weighted by Crippen LogP contribution is -2.17. The number of carbonyl (C=O) groups is 2. The average molecular weight is 968 g/mol. The van der Waals surface area contributed by atoms with E-state index in [9.17, 15) is 25.2 Å². The first-order valence-corrected chi connectivity index (χ1v) is 26.8. The van der Waals surface area contributed by atoms with E-state index >= 15 is 0 Å². The van der Waals surface area contributed by atoms with Crippen LogP contribution in [0.25, 0.3) is 44.2 Å². The number of nitrogens with zero attached hydrogens (tertiary/aromatic N) is 3. The van der Waals surface area contributed by atoms with Gasteiger partial charge in [-0.3, -0.25) is 4.79 Å². The zero-order valence-electron chi connectivity index (χ0n) is 41.0. The molecule has 0 radical (unpaired) electrons. The first kappa shape index (κ1) is 51.3. The Balaban J connectivity index is 1.04. The summed E-state index contributed by atoms with van der Waals surface area (Å²) in [5, 5.41) is 28.0. The van der Waals surface area contributed by atoms with E-state index in [0.717, 1.165) is 49.2 Å². The third kappa shape index (κ3) is 13.2. The number of hydrogen-bond donors (Lipinski definition) is 1. The van der Waals surface area contributed by atoms with Gasteiger partial charge in [0.05, 0.1) is 0 Å². The summed E-state index contributed by atoms with van der Waals surface area (Å²) in [5.74, 6) is -1.30. The summed E-state index contributed by atoms with van der Waals surface area (Å²) in [6.07, 6.45) is 26.1. The number of rotatable bonds is 27. The number of thiophene rings is 2. The van der Waals surface area contributed by atoms with Gasteiger partial charge < -0.3 is 14.7 Å². The lowest BCUT2D eigenvalue weighted by molar-refractivity contribution is -0.132. The standard InChI is InChI=1S/C61H65N3O4S2/c1-4-5-6-7-8-9-10-11-12-13-14-15-16-17-18-19-20-44-21-33-54-55-34-30-50(39-57(55)61(2,3)56(54)37-44)64(48-26-22-45(23-27-48)58-35-31-52(69-58)38-47(41-62)60(66)67)49-28-24-46(25-29-49)59-36-32-53(70-59)40-51(42-63)68-43-65/h21-40,43H,4-20H2,1-3H3,(H,66,67)/b47-38+,51-40+. The van der Waals surface area contributed by atoms with Crippen molar-refractivity contribution >= 4 is 64.3 Å². The fraction of sp³-hybridized carbons (Fsp3) is 0.344. The van der Waals surface area contributed by atoms with Crippen molar-refractivity contribution in [2.75, 3.05) is 4.90 Å². The second kappa shape index (κ2) is 25.4. The zero-order valence-corrected chi connectivity index (χ0v) is 42.6. The number of benzene rings is 4. The lowest BCUT2D eigenvalue weighted by atomic mass is 9.81. The van der Waals surface area contributed by atoms with Crippen LogP contribution in [0.2, 0.25) is 0 Å². The van der Waals surface area contributed by atoms with Gasteiger partial charge in [-0.1, -0.05) is 166 Å². The van der Waals surface area contributed by atoms with Gasteiger partial charge in [-0.2, -0.15) is 10.5 Å². The van der Waals surface area contributed by atoms with Crippen LogP contribution in [0.4, 0.5) is 17.1 Å². The van der Waals surface area contributed by atoms with Crippen molar-refractivity contribution < 1.29 is 19.4 Å². The van der Waals surface area contributed by atoms with Gasteiger partial charge in [-0.15, -0.1) is 22.7 Å². The number of aryl methyl sites for hydroxylation is 1. The zero-order chi connectivity index (χ0) is 49.3. The highest BCUT2D eigenvalue weighted by molar-refractivity contribution is 7.16. The molecule has 1 aliphatic carbocycles. The maximum atomic E-state index is 11.5. The van der Waals surface area contributed by atoms with Crippen molar-refractivity contribution in [2.45, 2.75) is 135 Å². The Morgan fingerprint density at radius 3 is 1.56 bits per heavy atom. The minimum absolute atomic E-state index is 0.0604. The van der Waals surface area contributed by atoms with E-state index in [1.54, 1.807) is 12.1 Å². The number of carboxylic acid groups (broad SMARTS) is 1. The summed E-state index contributed by atoms with van der Waals surface area (Å²) in [6, 6.07) is 42.2. The Morgan fingerprint density at radius 2 is 1.07 bits per heavy atom. The smallest absolute Gasteiger partial charge is 0.346 e. The van der Waals surface area contributed by atoms with Crippen molar-refractivity contribution in [1.82, 2.24) is 0 Å². The van der Waals surface area contributed by atoms with Crippen molar-refractivity contribution in [3.8, 4) is 44.1 Å². The molecule has 0 amide bonds. The summed E-state index contributed by atoms with van der Waals surface area (Å²) in [6.45, 7) is 7.25. The Labute approximate surface area is 423 Å². The van der Waals surface area contributed by atoms with E-state index in [0.29, 0.717) is 4.88 Å². The van der Waals surface area contributed by atoms with Crippen molar-refractivity contribution in [1.29, 1.82) is 10.5 Å². The number of carbonyl (C=O) groups excluding carboxylic acids is 1. The van der Waals surface area contributed by atoms with Crippen LogP contribution in [0.5, 0.6) is 0 Å². The maximum Gasteiger partial charge on any atom is 0.346 e. The molecule has 0 unspecified atom stereocenters. The second-order valence-corrected chi connectivity index (χ2v) is 21.2. The molecule has 1 N–H and O–H groups in total. The van der Waals surface area contributed by atoms with Crippen LogP contribution < -0.4 is 4.90 Å². The number of hydrogen-bond acceptors (Lipinski definition) is 8. The first-order chi connectivity index (χ1) is 34.1. The summed E-state index contributed by atoms with van der Waals surface area (Å²) in [5.41, 5.74) is 11.2. The quantitative estimate of drug-likeness (QED) is 0.0180. The fourth-order valence-electron chi connectivity index (χ4n) is 9.67. The van der Waals surface area contributed by atoms with Crippen LogP contribution in [0, 0.1) is 22.7 Å². The molecule has 2 heterocycles. The number of anilines is 3. The number of carboxylic acids is 1. The molecule has 0 fully saturated rings. The molecule has 0 spiro atoms. The highest BCUT2D eigenvalue weighted by Crippen LogP contribution is 2.51. The van der Waals surface area contributed by atoms with E-state index in [1.807, 2.05) is 30.3 Å². The first-order valence-electron chi connectivity index (χ1n) is 25.2. The Morgan fingerprint density at radius 1 is 0.600 bits per heavy atom. The van der Waals surface area contributed by atoms with Crippen LogP contribution in [0.3, 0.4) is 0 Å². The number of aliphatic carboxylic acids is 1. The topological polar surface area (TPSA) is 114 Å². The van der Waals surface area contributed by atoms with Crippen molar-refractivity contribution in [3.05, 3.63) is 147 Å². The van der Waals surface area contributed by atoms with E-state index in [4.69, 9.17) is 4.74 Å². The third-order valence-corrected chi connectivity index (χ3v) is 15.7. The minimum atomic E-state index is -1.24. The number of nitriles is 2. The highest BCUT2D eigenvalue weighted by atomic mass is 32.1. The minimum Gasteiger partial charge on any atom is -0.477 e. The number of ether oxygens (including phenoxy) is 1. The summed E-state index contributed by atoms with van der Waals surface area (Å²) < 4.78 is 4.80. The molecule has 70 heavy (non-hydrogen) atoms. The number of allylic oxidation sites excluding steroid dienone is 1. The average Bonchev–Trinajstić information content (AvgIpc) is 4.10. The van der Waals surface area contributed by atoms with E-state index in [1.165, 1.54) is 159 Å².